The van der Waals surface area contributed by atoms with Gasteiger partial charge >= 0.3 is 6.18 Å². The molecule has 0 aliphatic carbocycles. The first-order valence-corrected chi connectivity index (χ1v) is 7.45. The quantitative estimate of drug-likeness (QED) is 0.488. The molecule has 0 N–H and O–H groups in total. The van der Waals surface area contributed by atoms with Crippen molar-refractivity contribution >= 4 is 15.9 Å². The topological polar surface area (TPSA) is 9.23 Å². The van der Waals surface area contributed by atoms with Gasteiger partial charge in [0.15, 0.2) is 0 Å². The van der Waals surface area contributed by atoms with Gasteiger partial charge in [0.25, 0.3) is 0 Å². The molecule has 20 heavy (non-hydrogen) atoms. The van der Waals surface area contributed by atoms with Crippen LogP contribution in [-0.4, -0.2) is 11.9 Å². The van der Waals surface area contributed by atoms with Gasteiger partial charge in [0, 0.05) is 10.7 Å². The van der Waals surface area contributed by atoms with Crippen molar-refractivity contribution in [2.75, 3.05) is 11.9 Å². The molecule has 0 radical (unpaired) electrons. The number of hydrogen-bond donors (Lipinski definition) is 0. The zero-order chi connectivity index (χ0) is 15.4. The van der Waals surface area contributed by atoms with Crippen LogP contribution in [0, 0.1) is 11.2 Å². The van der Waals surface area contributed by atoms with E-state index in [4.69, 9.17) is 4.74 Å². The highest BCUT2D eigenvalue weighted by molar-refractivity contribution is 9.09. The largest absolute Gasteiger partial charge is 0.493 e. The molecule has 1 nitrogen and oxygen atoms in total. The van der Waals surface area contributed by atoms with Crippen molar-refractivity contribution in [2.45, 2.75) is 32.9 Å². The molecule has 0 unspecified atom stereocenters. The van der Waals surface area contributed by atoms with Crippen LogP contribution in [0.1, 0.15) is 32.3 Å². The lowest BCUT2D eigenvalue weighted by Crippen LogP contribution is -2.29. The first-order valence-electron chi connectivity index (χ1n) is 6.33. The fourth-order valence-electron chi connectivity index (χ4n) is 1.73. The Morgan fingerprint density at radius 3 is 2.20 bits per heavy atom. The minimum Gasteiger partial charge on any atom is -0.493 e. The lowest BCUT2D eigenvalue weighted by Gasteiger charge is -2.29. The summed E-state index contributed by atoms with van der Waals surface area (Å²) in [7, 11) is 0. The van der Waals surface area contributed by atoms with Crippen LogP contribution >= 0.6 is 15.9 Å². The Kier molecular flexibility index (Phi) is 5.86. The normalized spacial score (nSPS) is 12.6. The van der Waals surface area contributed by atoms with Crippen LogP contribution < -0.4 is 4.74 Å². The van der Waals surface area contributed by atoms with Crippen molar-refractivity contribution in [2.24, 2.45) is 5.41 Å². The average molecular weight is 357 g/mol. The third-order valence-electron chi connectivity index (χ3n) is 3.57. The number of rotatable bonds is 6. The molecule has 0 saturated carbocycles. The summed E-state index contributed by atoms with van der Waals surface area (Å²) in [4.78, 5) is 0. The fourth-order valence-corrected chi connectivity index (χ4v) is 2.68. The summed E-state index contributed by atoms with van der Waals surface area (Å²) in [5, 5.41) is 0.695. The van der Waals surface area contributed by atoms with Gasteiger partial charge in [-0.05, 0) is 31.0 Å². The highest BCUT2D eigenvalue weighted by Crippen LogP contribution is 2.35. The van der Waals surface area contributed by atoms with Gasteiger partial charge in [-0.1, -0.05) is 29.8 Å². The maximum Gasteiger partial charge on any atom is 0.419 e. The van der Waals surface area contributed by atoms with Crippen LogP contribution in [0.25, 0.3) is 0 Å². The van der Waals surface area contributed by atoms with Crippen LogP contribution in [0.4, 0.5) is 17.6 Å². The first kappa shape index (κ1) is 17.3. The third-order valence-corrected chi connectivity index (χ3v) is 4.76. The highest BCUT2D eigenvalue weighted by Gasteiger charge is 2.34. The number of alkyl halides is 4. The summed E-state index contributed by atoms with van der Waals surface area (Å²) in [5.41, 5.74) is -1.43. The first-order chi connectivity index (χ1) is 9.28. The second-order valence-electron chi connectivity index (χ2n) is 4.77. The molecule has 0 heterocycles. The van der Waals surface area contributed by atoms with Crippen LogP contribution in [-0.2, 0) is 6.18 Å². The molecule has 0 aliphatic rings. The van der Waals surface area contributed by atoms with E-state index in [-0.39, 0.29) is 17.8 Å². The SMILES string of the molecule is CCC(CC)(CBr)COc1ccc(F)c(C(F)(F)F)c1. The lowest BCUT2D eigenvalue weighted by atomic mass is 9.86. The minimum absolute atomic E-state index is 0.0333. The van der Waals surface area contributed by atoms with Crippen LogP contribution in [0.2, 0.25) is 0 Å². The molecule has 0 saturated heterocycles. The Bertz CT molecular complexity index is 433. The maximum atomic E-state index is 13.2. The van der Waals surface area contributed by atoms with Crippen molar-refractivity contribution in [3.05, 3.63) is 29.6 Å². The predicted octanol–water partition coefficient (Wildman–Crippen LogP) is 5.42. The standard InChI is InChI=1S/C14H17BrF4O/c1-3-13(4-2,8-15)9-20-10-5-6-12(16)11(7-10)14(17,18)19/h5-7H,3-4,8-9H2,1-2H3. The summed E-state index contributed by atoms with van der Waals surface area (Å²) in [5.74, 6) is -1.26. The van der Waals surface area contributed by atoms with Crippen molar-refractivity contribution in [1.29, 1.82) is 0 Å². The van der Waals surface area contributed by atoms with E-state index in [0.717, 1.165) is 18.9 Å². The van der Waals surface area contributed by atoms with E-state index in [1.54, 1.807) is 0 Å². The van der Waals surface area contributed by atoms with Crippen LogP contribution in [0.3, 0.4) is 0 Å². The molecule has 0 aliphatic heterocycles. The molecule has 0 fully saturated rings. The smallest absolute Gasteiger partial charge is 0.419 e. The molecule has 0 amide bonds. The summed E-state index contributed by atoms with van der Waals surface area (Å²) in [6.45, 7) is 4.29. The molecule has 1 aromatic rings. The van der Waals surface area contributed by atoms with Crippen molar-refractivity contribution < 1.29 is 22.3 Å². The van der Waals surface area contributed by atoms with Crippen molar-refractivity contribution in [1.82, 2.24) is 0 Å². The van der Waals surface area contributed by atoms with Gasteiger partial charge in [0.2, 0.25) is 0 Å². The van der Waals surface area contributed by atoms with E-state index in [2.05, 4.69) is 15.9 Å². The van der Waals surface area contributed by atoms with Gasteiger partial charge in [-0.25, -0.2) is 4.39 Å². The average Bonchev–Trinajstić information content (AvgIpc) is 2.41. The van der Waals surface area contributed by atoms with Gasteiger partial charge in [0.1, 0.15) is 11.6 Å². The number of ether oxygens (including phenoxy) is 1. The molecular formula is C14H17BrF4O. The van der Waals surface area contributed by atoms with E-state index < -0.39 is 17.6 Å². The van der Waals surface area contributed by atoms with Gasteiger partial charge in [-0.2, -0.15) is 13.2 Å². The Morgan fingerprint density at radius 1 is 1.15 bits per heavy atom. The molecule has 114 valence electrons. The molecule has 0 spiro atoms. The number of benzene rings is 1. The van der Waals surface area contributed by atoms with E-state index in [9.17, 15) is 17.6 Å². The van der Waals surface area contributed by atoms with Crippen molar-refractivity contribution in [3.8, 4) is 5.75 Å². The van der Waals surface area contributed by atoms with Gasteiger partial charge in [0.05, 0.1) is 12.2 Å². The Hall–Kier alpha value is -0.780. The van der Waals surface area contributed by atoms with Gasteiger partial charge in [-0.3, -0.25) is 0 Å². The van der Waals surface area contributed by atoms with E-state index in [1.807, 2.05) is 13.8 Å². The Balaban J connectivity index is 2.89. The molecule has 1 rings (SSSR count). The summed E-state index contributed by atoms with van der Waals surface area (Å²) >= 11 is 3.40. The lowest BCUT2D eigenvalue weighted by molar-refractivity contribution is -0.140. The minimum atomic E-state index is -4.72. The molecule has 0 bridgehead atoms. The maximum absolute atomic E-state index is 13.2. The molecule has 1 aromatic carbocycles. The molecule has 0 aromatic heterocycles. The van der Waals surface area contributed by atoms with Crippen LogP contribution in [0.15, 0.2) is 18.2 Å². The molecule has 6 heteroatoms. The van der Waals surface area contributed by atoms with Gasteiger partial charge in [-0.15, -0.1) is 0 Å². The van der Waals surface area contributed by atoms with E-state index >= 15 is 0 Å². The van der Waals surface area contributed by atoms with Crippen molar-refractivity contribution in [3.63, 3.8) is 0 Å². The second-order valence-corrected chi connectivity index (χ2v) is 5.33. The Morgan fingerprint density at radius 2 is 1.75 bits per heavy atom. The zero-order valence-electron chi connectivity index (χ0n) is 11.4. The van der Waals surface area contributed by atoms with E-state index in [0.29, 0.717) is 11.4 Å². The Labute approximate surface area is 124 Å². The monoisotopic (exact) mass is 356 g/mol. The number of halogens is 5. The van der Waals surface area contributed by atoms with E-state index in [1.165, 1.54) is 6.07 Å². The van der Waals surface area contributed by atoms with Gasteiger partial charge < -0.3 is 4.74 Å². The summed E-state index contributed by atoms with van der Waals surface area (Å²) in [6, 6.07) is 2.71. The predicted molar refractivity (Wildman–Crippen MR) is 73.7 cm³/mol. The summed E-state index contributed by atoms with van der Waals surface area (Å²) in [6.07, 6.45) is -3.05. The molecule has 0 atom stereocenters. The van der Waals surface area contributed by atoms with Crippen LogP contribution in [0.5, 0.6) is 5.75 Å². The second kappa shape index (κ2) is 6.78. The zero-order valence-corrected chi connectivity index (χ0v) is 12.9. The third kappa shape index (κ3) is 4.11. The summed E-state index contributed by atoms with van der Waals surface area (Å²) < 4.78 is 56.4. The molecular weight excluding hydrogens is 340 g/mol. The fraction of sp³-hybridized carbons (Fsp3) is 0.571. The highest BCUT2D eigenvalue weighted by atomic mass is 79.9. The number of hydrogen-bond acceptors (Lipinski definition) is 1.